The van der Waals surface area contributed by atoms with Crippen LogP contribution < -0.4 is 9.03 Å². The van der Waals surface area contributed by atoms with Gasteiger partial charge in [-0.05, 0) is 48.7 Å². The molecule has 2 aromatic carbocycles. The number of nitrogens with one attached hydrogen (secondary N) is 1. The first kappa shape index (κ1) is 18.0. The number of halogens is 1. The molecule has 0 unspecified atom stereocenters. The predicted molar refractivity (Wildman–Crippen MR) is 99.2 cm³/mol. The molecule has 0 atom stereocenters. The average molecular weight is 401 g/mol. The van der Waals surface area contributed by atoms with Gasteiger partial charge in [-0.15, -0.1) is 0 Å². The third-order valence-electron chi connectivity index (χ3n) is 3.93. The summed E-state index contributed by atoms with van der Waals surface area (Å²) >= 11 is 5.97. The summed E-state index contributed by atoms with van der Waals surface area (Å²) in [7, 11) is -7.18. The Labute approximate surface area is 152 Å². The van der Waals surface area contributed by atoms with Crippen LogP contribution in [0.4, 0.5) is 11.4 Å². The molecule has 1 aliphatic rings. The number of fused-ring (bicyclic) bond motifs is 1. The van der Waals surface area contributed by atoms with E-state index in [-0.39, 0.29) is 9.92 Å². The number of hydrogen-bond acceptors (Lipinski definition) is 4. The van der Waals surface area contributed by atoms with Gasteiger partial charge < -0.3 is 0 Å². The van der Waals surface area contributed by atoms with Crippen LogP contribution in [0.15, 0.2) is 47.4 Å². The Balaban J connectivity index is 1.95. The Hall–Kier alpha value is -1.77. The van der Waals surface area contributed by atoms with E-state index in [2.05, 4.69) is 4.72 Å². The topological polar surface area (TPSA) is 83.6 Å². The third-order valence-corrected chi connectivity index (χ3v) is 7.00. The normalized spacial score (nSPS) is 14.9. The summed E-state index contributed by atoms with van der Waals surface area (Å²) < 4.78 is 52.6. The first-order valence-electron chi connectivity index (χ1n) is 7.56. The molecule has 0 bridgehead atoms. The van der Waals surface area contributed by atoms with Gasteiger partial charge in [-0.2, -0.15) is 0 Å². The highest BCUT2D eigenvalue weighted by Gasteiger charge is 2.25. The molecular formula is C16H17ClN2O4S2. The second-order valence-corrected chi connectivity index (χ2v) is 9.78. The molecule has 0 saturated carbocycles. The highest BCUT2D eigenvalue weighted by Crippen LogP contribution is 2.32. The summed E-state index contributed by atoms with van der Waals surface area (Å²) in [6.07, 6.45) is 2.53. The molecule has 0 aromatic heterocycles. The maximum absolute atomic E-state index is 12.5. The number of sulfonamides is 2. The molecule has 25 heavy (non-hydrogen) atoms. The van der Waals surface area contributed by atoms with Crippen LogP contribution in [-0.2, 0) is 26.5 Å². The Bertz CT molecular complexity index is 1020. The molecule has 2 aromatic rings. The minimum absolute atomic E-state index is 0.00727. The van der Waals surface area contributed by atoms with Crippen LogP contribution in [0.5, 0.6) is 0 Å². The molecule has 3 rings (SSSR count). The van der Waals surface area contributed by atoms with Crippen molar-refractivity contribution in [2.45, 2.75) is 17.7 Å². The first-order valence-corrected chi connectivity index (χ1v) is 11.3. The van der Waals surface area contributed by atoms with E-state index in [0.29, 0.717) is 30.8 Å². The van der Waals surface area contributed by atoms with Crippen molar-refractivity contribution in [1.29, 1.82) is 0 Å². The van der Waals surface area contributed by atoms with E-state index in [9.17, 15) is 16.8 Å². The number of benzene rings is 2. The zero-order valence-electron chi connectivity index (χ0n) is 13.4. The maximum Gasteiger partial charge on any atom is 0.263 e. The molecule has 134 valence electrons. The maximum atomic E-state index is 12.5. The average Bonchev–Trinajstić information content (AvgIpc) is 2.53. The highest BCUT2D eigenvalue weighted by molar-refractivity contribution is 7.93. The summed E-state index contributed by atoms with van der Waals surface area (Å²) in [6.45, 7) is 0.427. The fourth-order valence-electron chi connectivity index (χ4n) is 2.84. The lowest BCUT2D eigenvalue weighted by Gasteiger charge is -2.29. The minimum atomic E-state index is -3.83. The molecular weight excluding hydrogens is 384 g/mol. The van der Waals surface area contributed by atoms with Gasteiger partial charge in [0.1, 0.15) is 4.90 Å². The van der Waals surface area contributed by atoms with Gasteiger partial charge in [0, 0.05) is 12.2 Å². The Kier molecular flexibility index (Phi) is 4.70. The smallest absolute Gasteiger partial charge is 0.263 e. The molecule has 9 heteroatoms. The number of rotatable bonds is 4. The summed E-state index contributed by atoms with van der Waals surface area (Å²) in [6, 6.07) is 11.0. The molecule has 1 N–H and O–H groups in total. The molecule has 0 amide bonds. The summed E-state index contributed by atoms with van der Waals surface area (Å²) in [5.41, 5.74) is 1.75. The van der Waals surface area contributed by atoms with E-state index in [1.54, 1.807) is 30.3 Å². The summed E-state index contributed by atoms with van der Waals surface area (Å²) in [5.74, 6) is 0. The van der Waals surface area contributed by atoms with Crippen molar-refractivity contribution in [1.82, 2.24) is 0 Å². The van der Waals surface area contributed by atoms with E-state index in [4.69, 9.17) is 11.6 Å². The Morgan fingerprint density at radius 3 is 2.48 bits per heavy atom. The Morgan fingerprint density at radius 1 is 1.08 bits per heavy atom. The second-order valence-electron chi connectivity index (χ2n) is 5.82. The van der Waals surface area contributed by atoms with Gasteiger partial charge in [0.05, 0.1) is 17.0 Å². The fraction of sp³-hybridized carbons (Fsp3) is 0.250. The van der Waals surface area contributed by atoms with Crippen molar-refractivity contribution in [3.63, 3.8) is 0 Å². The standard InChI is InChI=1S/C16H17ClN2O4S2/c1-24(20,21)19-10-4-5-12-11-13(8-9-15(12)19)18-25(22,23)16-7-3-2-6-14(16)17/h2-3,6-9,11,18H,4-5,10H2,1H3. The van der Waals surface area contributed by atoms with Crippen molar-refractivity contribution < 1.29 is 16.8 Å². The Morgan fingerprint density at radius 2 is 1.80 bits per heavy atom. The van der Waals surface area contributed by atoms with Gasteiger partial charge in [0.15, 0.2) is 0 Å². The second kappa shape index (κ2) is 6.51. The van der Waals surface area contributed by atoms with Crippen LogP contribution in [-0.4, -0.2) is 29.6 Å². The van der Waals surface area contributed by atoms with Crippen molar-refractivity contribution in [3.8, 4) is 0 Å². The van der Waals surface area contributed by atoms with Gasteiger partial charge in [-0.1, -0.05) is 23.7 Å². The molecule has 6 nitrogen and oxygen atoms in total. The van der Waals surface area contributed by atoms with Crippen LogP contribution >= 0.6 is 11.6 Å². The lowest BCUT2D eigenvalue weighted by molar-refractivity contribution is 0.592. The summed E-state index contributed by atoms with van der Waals surface area (Å²) in [4.78, 5) is -0.00727. The number of hydrogen-bond donors (Lipinski definition) is 1. The number of anilines is 2. The van der Waals surface area contributed by atoms with Gasteiger partial charge in [0.2, 0.25) is 10.0 Å². The SMILES string of the molecule is CS(=O)(=O)N1CCCc2cc(NS(=O)(=O)c3ccccc3Cl)ccc21. The lowest BCUT2D eigenvalue weighted by atomic mass is 10.0. The van der Waals surface area contributed by atoms with Crippen molar-refractivity contribution in [3.05, 3.63) is 53.1 Å². The van der Waals surface area contributed by atoms with Gasteiger partial charge in [0.25, 0.3) is 10.0 Å². The molecule has 0 fully saturated rings. The zero-order valence-corrected chi connectivity index (χ0v) is 15.8. The van der Waals surface area contributed by atoms with Crippen LogP contribution in [0.1, 0.15) is 12.0 Å². The van der Waals surface area contributed by atoms with E-state index in [1.807, 2.05) is 0 Å². The monoisotopic (exact) mass is 400 g/mol. The summed E-state index contributed by atoms with van der Waals surface area (Å²) in [5, 5.41) is 0.135. The quantitative estimate of drug-likeness (QED) is 0.855. The molecule has 0 radical (unpaired) electrons. The largest absolute Gasteiger partial charge is 0.280 e. The van der Waals surface area contributed by atoms with Gasteiger partial charge in [-0.25, -0.2) is 16.8 Å². The molecule has 1 aliphatic heterocycles. The van der Waals surface area contributed by atoms with Crippen molar-refractivity contribution in [2.24, 2.45) is 0 Å². The zero-order chi connectivity index (χ0) is 18.2. The molecule has 1 heterocycles. The molecule has 0 aliphatic carbocycles. The predicted octanol–water partition coefficient (Wildman–Crippen LogP) is 2.85. The highest BCUT2D eigenvalue weighted by atomic mass is 35.5. The van der Waals surface area contributed by atoms with Crippen molar-refractivity contribution in [2.75, 3.05) is 21.8 Å². The van der Waals surface area contributed by atoms with Crippen LogP contribution in [0.3, 0.4) is 0 Å². The van der Waals surface area contributed by atoms with Crippen LogP contribution in [0.2, 0.25) is 5.02 Å². The van der Waals surface area contributed by atoms with Gasteiger partial charge in [-0.3, -0.25) is 9.03 Å². The number of aryl methyl sites for hydroxylation is 1. The van der Waals surface area contributed by atoms with E-state index in [1.165, 1.54) is 16.4 Å². The molecule has 0 spiro atoms. The van der Waals surface area contributed by atoms with Crippen LogP contribution in [0, 0.1) is 0 Å². The third kappa shape index (κ3) is 3.75. The fourth-order valence-corrected chi connectivity index (χ4v) is 5.41. The van der Waals surface area contributed by atoms with Gasteiger partial charge >= 0.3 is 0 Å². The van der Waals surface area contributed by atoms with E-state index < -0.39 is 20.0 Å². The first-order chi connectivity index (χ1) is 11.7. The minimum Gasteiger partial charge on any atom is -0.280 e. The molecule has 0 saturated heterocycles. The van der Waals surface area contributed by atoms with Crippen LogP contribution in [0.25, 0.3) is 0 Å². The lowest BCUT2D eigenvalue weighted by Crippen LogP contribution is -2.34. The van der Waals surface area contributed by atoms with Crippen molar-refractivity contribution >= 4 is 43.0 Å². The number of nitrogens with zero attached hydrogens (tertiary/aromatic N) is 1. The van der Waals surface area contributed by atoms with E-state index in [0.717, 1.165) is 11.8 Å². The van der Waals surface area contributed by atoms with E-state index >= 15 is 0 Å².